The maximum Gasteiger partial charge on any atom is 0.134 e. The van der Waals surface area contributed by atoms with Gasteiger partial charge in [0.2, 0.25) is 0 Å². The van der Waals surface area contributed by atoms with Gasteiger partial charge in [0.15, 0.2) is 0 Å². The van der Waals surface area contributed by atoms with Gasteiger partial charge in [-0.25, -0.2) is 4.21 Å². The predicted molar refractivity (Wildman–Crippen MR) is 144 cm³/mol. The Hall–Kier alpha value is -2.58. The summed E-state index contributed by atoms with van der Waals surface area (Å²) in [7, 11) is -1.23. The SMILES string of the molecule is CCC1(C)CC=C(c2c(C)c3c(c(C)c2CC(C)=O)N(S(C)=O)C(C)C2=C3C#CNC=C2)CC1. The molecular formula is C29H36N2O2S. The summed E-state index contributed by atoms with van der Waals surface area (Å²) in [6, 6.07) is 2.96. The summed E-state index contributed by atoms with van der Waals surface area (Å²) in [5.41, 5.74) is 10.2. The van der Waals surface area contributed by atoms with Crippen LogP contribution in [0.3, 0.4) is 0 Å². The molecule has 1 aromatic carbocycles. The Balaban J connectivity index is 2.07. The smallest absolute Gasteiger partial charge is 0.134 e. The molecule has 2 heterocycles. The molecule has 0 saturated carbocycles. The fourth-order valence-electron chi connectivity index (χ4n) is 5.74. The van der Waals surface area contributed by atoms with Crippen LogP contribution in [0.15, 0.2) is 23.9 Å². The van der Waals surface area contributed by atoms with Gasteiger partial charge in [-0.05, 0) is 97.8 Å². The van der Waals surface area contributed by atoms with Gasteiger partial charge < -0.3 is 5.32 Å². The predicted octanol–water partition coefficient (Wildman–Crippen LogP) is 5.75. The Kier molecular flexibility index (Phi) is 6.66. The van der Waals surface area contributed by atoms with Gasteiger partial charge in [-0.2, -0.15) is 0 Å². The molecule has 1 N–H and O–H groups in total. The Labute approximate surface area is 207 Å². The van der Waals surface area contributed by atoms with Crippen LogP contribution in [0.2, 0.25) is 0 Å². The van der Waals surface area contributed by atoms with E-state index in [0.29, 0.717) is 11.8 Å². The Morgan fingerprint density at radius 2 is 2.03 bits per heavy atom. The molecule has 2 aliphatic heterocycles. The highest BCUT2D eigenvalue weighted by Gasteiger charge is 2.37. The molecule has 1 aromatic rings. The second kappa shape index (κ2) is 9.23. The molecule has 4 nitrogen and oxygen atoms in total. The van der Waals surface area contributed by atoms with Crippen molar-refractivity contribution in [3.05, 3.63) is 51.7 Å². The Bertz CT molecular complexity index is 1240. The van der Waals surface area contributed by atoms with Gasteiger partial charge in [0, 0.05) is 36.1 Å². The number of ketones is 1. The summed E-state index contributed by atoms with van der Waals surface area (Å²) in [6.07, 6.45) is 12.8. The van der Waals surface area contributed by atoms with Gasteiger partial charge in [-0.1, -0.05) is 26.3 Å². The van der Waals surface area contributed by atoms with Crippen LogP contribution < -0.4 is 9.62 Å². The van der Waals surface area contributed by atoms with Gasteiger partial charge in [0.05, 0.1) is 11.7 Å². The lowest BCUT2D eigenvalue weighted by molar-refractivity contribution is -0.116. The lowest BCUT2D eigenvalue weighted by atomic mass is 9.71. The number of hydrogen-bond donors (Lipinski definition) is 1. The van der Waals surface area contributed by atoms with Gasteiger partial charge in [0.25, 0.3) is 0 Å². The molecule has 4 rings (SSSR count). The third-order valence-electron chi connectivity index (χ3n) is 7.98. The first-order valence-corrected chi connectivity index (χ1v) is 13.8. The summed E-state index contributed by atoms with van der Waals surface area (Å²) in [4.78, 5) is 12.4. The van der Waals surface area contributed by atoms with E-state index < -0.39 is 11.0 Å². The number of allylic oxidation sites excluding steroid dienone is 3. The van der Waals surface area contributed by atoms with Crippen molar-refractivity contribution in [2.24, 2.45) is 5.41 Å². The first-order valence-electron chi connectivity index (χ1n) is 12.2. The molecule has 3 atom stereocenters. The normalized spacial score (nSPS) is 24.3. The van der Waals surface area contributed by atoms with Crippen molar-refractivity contribution in [1.82, 2.24) is 5.32 Å². The summed E-state index contributed by atoms with van der Waals surface area (Å²) < 4.78 is 15.1. The van der Waals surface area contributed by atoms with Crippen LogP contribution in [-0.4, -0.2) is 22.3 Å². The van der Waals surface area contributed by atoms with Crippen LogP contribution in [0.5, 0.6) is 0 Å². The van der Waals surface area contributed by atoms with Crippen LogP contribution in [0.4, 0.5) is 5.69 Å². The Morgan fingerprint density at radius 3 is 2.62 bits per heavy atom. The average molecular weight is 477 g/mol. The van der Waals surface area contributed by atoms with Gasteiger partial charge in [-0.15, -0.1) is 0 Å². The highest BCUT2D eigenvalue weighted by Crippen LogP contribution is 2.49. The third kappa shape index (κ3) is 4.07. The molecule has 3 unspecified atom stereocenters. The zero-order valence-corrected chi connectivity index (χ0v) is 22.3. The van der Waals surface area contributed by atoms with Crippen LogP contribution in [0.1, 0.15) is 81.2 Å². The van der Waals surface area contributed by atoms with Crippen molar-refractivity contribution in [2.45, 2.75) is 79.7 Å². The maximum absolute atomic E-state index is 13.1. The van der Waals surface area contributed by atoms with Crippen molar-refractivity contribution in [3.8, 4) is 12.0 Å². The molecule has 0 bridgehead atoms. The number of carbonyl (C=O) groups is 1. The lowest BCUT2D eigenvalue weighted by Crippen LogP contribution is -2.40. The standard InChI is InChI=1S/C29H36N2O2S/c1-8-29(6)13-9-22(10-14-29)26-20(4)27-24-12-16-30-15-11-23(24)21(5)31(34(7)33)28(27)19(3)25(26)17-18(2)32/h9,11,15,21,30H,8,10,13-14,17H2,1-7H3. The van der Waals surface area contributed by atoms with E-state index in [1.807, 2.05) is 16.6 Å². The molecule has 5 heteroatoms. The summed E-state index contributed by atoms with van der Waals surface area (Å²) in [5.74, 6) is 3.50. The number of carbonyl (C=O) groups excluding carboxylic acids is 1. The number of nitrogens with zero attached hydrogens (tertiary/aromatic N) is 1. The lowest BCUT2D eigenvalue weighted by Gasteiger charge is -2.40. The van der Waals surface area contributed by atoms with Crippen LogP contribution in [0.25, 0.3) is 11.1 Å². The molecule has 0 aromatic heterocycles. The van der Waals surface area contributed by atoms with Crippen LogP contribution >= 0.6 is 0 Å². The second-order valence-corrected chi connectivity index (χ2v) is 11.5. The average Bonchev–Trinajstić information content (AvgIpc) is 3.04. The minimum Gasteiger partial charge on any atom is -0.322 e. The molecular weight excluding hydrogens is 440 g/mol. The number of Topliss-reactive ketones (excluding diaryl/α,β-unsaturated/α-hetero) is 1. The maximum atomic E-state index is 13.1. The number of nitrogens with one attached hydrogen (secondary N) is 1. The summed E-state index contributed by atoms with van der Waals surface area (Å²) in [6.45, 7) is 12.6. The van der Waals surface area contributed by atoms with E-state index >= 15 is 0 Å². The fourth-order valence-corrected chi connectivity index (χ4v) is 6.79. The molecule has 34 heavy (non-hydrogen) atoms. The molecule has 0 saturated heterocycles. The van der Waals surface area contributed by atoms with Gasteiger partial charge in [-0.3, -0.25) is 9.10 Å². The van der Waals surface area contributed by atoms with Crippen molar-refractivity contribution in [1.29, 1.82) is 0 Å². The van der Waals surface area contributed by atoms with Crippen molar-refractivity contribution in [3.63, 3.8) is 0 Å². The quantitative estimate of drug-likeness (QED) is 0.550. The molecule has 180 valence electrons. The van der Waals surface area contributed by atoms with Crippen molar-refractivity contribution >= 4 is 33.6 Å². The molecule has 0 fully saturated rings. The van der Waals surface area contributed by atoms with Gasteiger partial charge in [0.1, 0.15) is 16.8 Å². The van der Waals surface area contributed by atoms with E-state index in [1.165, 1.54) is 17.6 Å². The minimum absolute atomic E-state index is 0.0907. The zero-order chi connectivity index (χ0) is 24.8. The van der Waals surface area contributed by atoms with E-state index in [0.717, 1.165) is 58.3 Å². The Morgan fingerprint density at radius 1 is 1.29 bits per heavy atom. The van der Waals surface area contributed by atoms with E-state index in [1.54, 1.807) is 13.2 Å². The second-order valence-electron chi connectivity index (χ2n) is 10.3. The first kappa shape index (κ1) is 24.5. The summed E-state index contributed by atoms with van der Waals surface area (Å²) >= 11 is 0. The first-order chi connectivity index (χ1) is 16.1. The van der Waals surface area contributed by atoms with Crippen molar-refractivity contribution in [2.75, 3.05) is 10.6 Å². The molecule has 0 spiro atoms. The number of rotatable bonds is 5. The van der Waals surface area contributed by atoms with E-state index in [4.69, 9.17) is 0 Å². The monoisotopic (exact) mass is 476 g/mol. The highest BCUT2D eigenvalue weighted by atomic mass is 32.2. The van der Waals surface area contributed by atoms with E-state index in [-0.39, 0.29) is 11.8 Å². The molecule has 1 aliphatic carbocycles. The molecule has 3 aliphatic rings. The summed E-state index contributed by atoms with van der Waals surface area (Å²) in [5, 5.41) is 3.03. The largest absolute Gasteiger partial charge is 0.322 e. The zero-order valence-electron chi connectivity index (χ0n) is 21.5. The third-order valence-corrected chi connectivity index (χ3v) is 9.03. The van der Waals surface area contributed by atoms with E-state index in [9.17, 15) is 9.00 Å². The number of hydrogen-bond acceptors (Lipinski definition) is 3. The number of anilines is 1. The highest BCUT2D eigenvalue weighted by molar-refractivity contribution is 7.85. The van der Waals surface area contributed by atoms with Crippen molar-refractivity contribution < 1.29 is 9.00 Å². The molecule has 0 amide bonds. The van der Waals surface area contributed by atoms with Gasteiger partial charge >= 0.3 is 0 Å². The fraction of sp³-hybridized carbons (Fsp3) is 0.483. The molecule has 0 radical (unpaired) electrons. The minimum atomic E-state index is -1.23. The van der Waals surface area contributed by atoms with Crippen LogP contribution in [0, 0.1) is 31.2 Å². The van der Waals surface area contributed by atoms with Crippen LogP contribution in [-0.2, 0) is 22.2 Å². The topological polar surface area (TPSA) is 49.4 Å². The van der Waals surface area contributed by atoms with E-state index in [2.05, 4.69) is 58.0 Å². The number of benzene rings is 1. The number of fused-ring (bicyclic) bond motifs is 2.